The van der Waals surface area contributed by atoms with Gasteiger partial charge in [-0.15, -0.1) is 0 Å². The Hall–Kier alpha value is -2.01. The van der Waals surface area contributed by atoms with Crippen LogP contribution in [0.25, 0.3) is 0 Å². The third-order valence-corrected chi connectivity index (χ3v) is 3.05. The van der Waals surface area contributed by atoms with Crippen LogP contribution in [0, 0.1) is 5.82 Å². The molecule has 1 amide bonds. The minimum absolute atomic E-state index is 0.120. The highest BCUT2D eigenvalue weighted by Crippen LogP contribution is 2.25. The maximum absolute atomic E-state index is 13.6. The number of furan rings is 1. The van der Waals surface area contributed by atoms with Crippen molar-refractivity contribution in [2.24, 2.45) is 0 Å². The predicted octanol–water partition coefficient (Wildman–Crippen LogP) is 3.19. The third-order valence-electron chi connectivity index (χ3n) is 2.73. The topological polar surface area (TPSA) is 54.3 Å². The normalized spacial score (nSPS) is 11.9. The van der Waals surface area contributed by atoms with E-state index in [4.69, 9.17) is 16.0 Å². The molecule has 20 heavy (non-hydrogen) atoms. The minimum atomic E-state index is -0.626. The van der Waals surface area contributed by atoms with Gasteiger partial charge in [0.05, 0.1) is 23.5 Å². The molecule has 2 rings (SSSR count). The van der Waals surface area contributed by atoms with Gasteiger partial charge in [0.2, 0.25) is 5.91 Å². The summed E-state index contributed by atoms with van der Waals surface area (Å²) in [6, 6.07) is 7.21. The van der Waals surface area contributed by atoms with Gasteiger partial charge in [-0.2, -0.15) is 0 Å². The van der Waals surface area contributed by atoms with E-state index in [2.05, 4.69) is 10.6 Å². The van der Waals surface area contributed by atoms with Gasteiger partial charge in [-0.05, 0) is 31.2 Å². The smallest absolute Gasteiger partial charge is 0.242 e. The molecule has 0 saturated heterocycles. The van der Waals surface area contributed by atoms with Gasteiger partial charge in [-0.1, -0.05) is 17.7 Å². The summed E-state index contributed by atoms with van der Waals surface area (Å²) in [5, 5.41) is 5.67. The van der Waals surface area contributed by atoms with Gasteiger partial charge in [0.25, 0.3) is 0 Å². The summed E-state index contributed by atoms with van der Waals surface area (Å²) < 4.78 is 18.7. The Morgan fingerprint density at radius 1 is 1.40 bits per heavy atom. The highest BCUT2D eigenvalue weighted by molar-refractivity contribution is 6.33. The Morgan fingerprint density at radius 3 is 2.85 bits per heavy atom. The molecule has 0 aliphatic carbocycles. The first-order valence-electron chi connectivity index (χ1n) is 6.08. The Kier molecular flexibility index (Phi) is 4.63. The Balaban J connectivity index is 1.94. The lowest BCUT2D eigenvalue weighted by atomic mass is 10.2. The molecule has 0 aliphatic heterocycles. The van der Waals surface area contributed by atoms with Crippen LogP contribution in [0.1, 0.15) is 12.7 Å². The fraction of sp³-hybridized carbons (Fsp3) is 0.214. The number of benzene rings is 1. The van der Waals surface area contributed by atoms with E-state index >= 15 is 0 Å². The zero-order valence-corrected chi connectivity index (χ0v) is 11.6. The Bertz CT molecular complexity index is 567. The standard InChI is InChI=1S/C14H14ClFN2O2/c1-9(14(19)17-8-10-4-3-7-20-10)18-13-11(15)5-2-6-12(13)16/h2-7,9,18H,8H2,1H3,(H,17,19). The quantitative estimate of drug-likeness (QED) is 0.891. The van der Waals surface area contributed by atoms with Crippen LogP contribution in [0.15, 0.2) is 41.0 Å². The fourth-order valence-corrected chi connectivity index (χ4v) is 1.88. The summed E-state index contributed by atoms with van der Waals surface area (Å²) in [6.07, 6.45) is 1.53. The molecule has 0 spiro atoms. The van der Waals surface area contributed by atoms with Gasteiger partial charge in [0.15, 0.2) is 0 Å². The first-order valence-corrected chi connectivity index (χ1v) is 6.46. The molecule has 1 heterocycles. The van der Waals surface area contributed by atoms with E-state index in [0.29, 0.717) is 5.76 Å². The summed E-state index contributed by atoms with van der Waals surface area (Å²) in [6.45, 7) is 1.91. The van der Waals surface area contributed by atoms with Crippen molar-refractivity contribution >= 4 is 23.2 Å². The van der Waals surface area contributed by atoms with E-state index in [-0.39, 0.29) is 23.2 Å². The van der Waals surface area contributed by atoms with E-state index < -0.39 is 11.9 Å². The molecular formula is C14H14ClFN2O2. The maximum Gasteiger partial charge on any atom is 0.242 e. The molecule has 0 saturated carbocycles. The van der Waals surface area contributed by atoms with Crippen molar-refractivity contribution in [1.29, 1.82) is 0 Å². The van der Waals surface area contributed by atoms with Crippen molar-refractivity contribution < 1.29 is 13.6 Å². The first kappa shape index (κ1) is 14.4. The molecule has 0 bridgehead atoms. The van der Waals surface area contributed by atoms with Gasteiger partial charge >= 0.3 is 0 Å². The number of hydrogen-bond donors (Lipinski definition) is 2. The Morgan fingerprint density at radius 2 is 2.20 bits per heavy atom. The number of hydrogen-bond acceptors (Lipinski definition) is 3. The van der Waals surface area contributed by atoms with E-state index in [1.165, 1.54) is 18.4 Å². The molecular weight excluding hydrogens is 283 g/mol. The number of amides is 1. The van der Waals surface area contributed by atoms with Crippen molar-refractivity contribution in [3.63, 3.8) is 0 Å². The number of carbonyl (C=O) groups is 1. The highest BCUT2D eigenvalue weighted by Gasteiger charge is 2.16. The highest BCUT2D eigenvalue weighted by atomic mass is 35.5. The number of anilines is 1. The lowest BCUT2D eigenvalue weighted by molar-refractivity contribution is -0.121. The summed E-state index contributed by atoms with van der Waals surface area (Å²) in [5.74, 6) is -0.127. The van der Waals surface area contributed by atoms with Crippen molar-refractivity contribution in [3.8, 4) is 0 Å². The summed E-state index contributed by atoms with van der Waals surface area (Å²) >= 11 is 5.89. The molecule has 0 aliphatic rings. The van der Waals surface area contributed by atoms with Gasteiger partial charge in [0, 0.05) is 0 Å². The molecule has 1 aromatic carbocycles. The number of carbonyl (C=O) groups excluding carboxylic acids is 1. The predicted molar refractivity (Wildman–Crippen MR) is 75.0 cm³/mol. The van der Waals surface area contributed by atoms with Crippen LogP contribution in [0.5, 0.6) is 0 Å². The molecule has 0 radical (unpaired) electrons. The van der Waals surface area contributed by atoms with Crippen molar-refractivity contribution in [2.75, 3.05) is 5.32 Å². The van der Waals surface area contributed by atoms with Gasteiger partial charge < -0.3 is 15.1 Å². The van der Waals surface area contributed by atoms with Crippen molar-refractivity contribution in [3.05, 3.63) is 53.2 Å². The van der Waals surface area contributed by atoms with Crippen LogP contribution in [-0.2, 0) is 11.3 Å². The molecule has 2 N–H and O–H groups in total. The molecule has 1 unspecified atom stereocenters. The van der Waals surface area contributed by atoms with Crippen LogP contribution < -0.4 is 10.6 Å². The van der Waals surface area contributed by atoms with Crippen LogP contribution in [0.4, 0.5) is 10.1 Å². The molecule has 4 nitrogen and oxygen atoms in total. The second kappa shape index (κ2) is 6.43. The average molecular weight is 297 g/mol. The van der Waals surface area contributed by atoms with Crippen LogP contribution in [-0.4, -0.2) is 11.9 Å². The molecule has 2 aromatic rings. The zero-order chi connectivity index (χ0) is 14.5. The number of nitrogens with one attached hydrogen (secondary N) is 2. The van der Waals surface area contributed by atoms with Gasteiger partial charge in [-0.3, -0.25) is 4.79 Å². The number of halogens is 2. The number of para-hydroxylation sites is 1. The number of rotatable bonds is 5. The first-order chi connectivity index (χ1) is 9.58. The lowest BCUT2D eigenvalue weighted by Gasteiger charge is -2.16. The fourth-order valence-electron chi connectivity index (χ4n) is 1.66. The summed E-state index contributed by atoms with van der Waals surface area (Å²) in [7, 11) is 0. The van der Waals surface area contributed by atoms with E-state index in [1.807, 2.05) is 0 Å². The lowest BCUT2D eigenvalue weighted by Crippen LogP contribution is -2.37. The molecule has 6 heteroatoms. The third kappa shape index (κ3) is 3.51. The second-order valence-corrected chi connectivity index (χ2v) is 4.67. The van der Waals surface area contributed by atoms with Gasteiger partial charge in [-0.25, -0.2) is 4.39 Å². The van der Waals surface area contributed by atoms with Crippen LogP contribution in [0.3, 0.4) is 0 Å². The van der Waals surface area contributed by atoms with Crippen LogP contribution in [0.2, 0.25) is 5.02 Å². The SMILES string of the molecule is CC(Nc1c(F)cccc1Cl)C(=O)NCc1ccco1. The summed E-state index contributed by atoms with van der Waals surface area (Å²) in [4.78, 5) is 11.9. The minimum Gasteiger partial charge on any atom is -0.467 e. The van der Waals surface area contributed by atoms with Gasteiger partial charge in [0.1, 0.15) is 17.6 Å². The molecule has 1 atom stereocenters. The van der Waals surface area contributed by atoms with E-state index in [0.717, 1.165) is 0 Å². The maximum atomic E-state index is 13.6. The average Bonchev–Trinajstić information content (AvgIpc) is 2.93. The Labute approximate surface area is 120 Å². The van der Waals surface area contributed by atoms with Crippen molar-refractivity contribution in [2.45, 2.75) is 19.5 Å². The zero-order valence-electron chi connectivity index (χ0n) is 10.8. The van der Waals surface area contributed by atoms with E-state index in [1.54, 1.807) is 25.1 Å². The summed E-state index contributed by atoms with van der Waals surface area (Å²) in [5.41, 5.74) is 0.120. The monoisotopic (exact) mass is 296 g/mol. The molecule has 106 valence electrons. The van der Waals surface area contributed by atoms with E-state index in [9.17, 15) is 9.18 Å². The molecule has 0 fully saturated rings. The molecule has 1 aromatic heterocycles. The second-order valence-electron chi connectivity index (χ2n) is 4.26. The largest absolute Gasteiger partial charge is 0.467 e. The van der Waals surface area contributed by atoms with Crippen LogP contribution >= 0.6 is 11.6 Å². The van der Waals surface area contributed by atoms with Crippen molar-refractivity contribution in [1.82, 2.24) is 5.32 Å².